The molecular weight excluding hydrogens is 272 g/mol. The van der Waals surface area contributed by atoms with Crippen LogP contribution in [0.4, 0.5) is 0 Å². The van der Waals surface area contributed by atoms with Gasteiger partial charge in [0.2, 0.25) is 5.89 Å². The Kier molecular flexibility index (Phi) is 2.70. The van der Waals surface area contributed by atoms with Crippen LogP contribution in [0.1, 0.15) is 35.5 Å². The van der Waals surface area contributed by atoms with Gasteiger partial charge >= 0.3 is 5.97 Å². The Morgan fingerprint density at radius 3 is 3.00 bits per heavy atom. The highest BCUT2D eigenvalue weighted by Crippen LogP contribution is 2.47. The molecule has 1 N–H and O–H groups in total. The van der Waals surface area contributed by atoms with E-state index < -0.39 is 5.97 Å². The minimum Gasteiger partial charge on any atom is -0.493 e. The number of carboxylic acid groups (broad SMARTS) is 1. The molecule has 1 saturated carbocycles. The van der Waals surface area contributed by atoms with Gasteiger partial charge in [-0.15, -0.1) is 0 Å². The van der Waals surface area contributed by atoms with Crippen LogP contribution in [0.15, 0.2) is 28.8 Å². The van der Waals surface area contributed by atoms with Gasteiger partial charge in [-0.25, -0.2) is 0 Å². The number of aromatic nitrogens is 2. The van der Waals surface area contributed by atoms with Crippen LogP contribution in [-0.2, 0) is 11.2 Å². The molecule has 2 aliphatic rings. The predicted octanol–water partition coefficient (Wildman–Crippen LogP) is 1.98. The zero-order chi connectivity index (χ0) is 14.4. The van der Waals surface area contributed by atoms with E-state index in [0.717, 1.165) is 17.7 Å². The number of carboxylic acids is 1. The first-order valence-corrected chi connectivity index (χ1v) is 6.99. The highest BCUT2D eigenvalue weighted by molar-refractivity contribution is 5.74. The number of hydrogen-bond donors (Lipinski definition) is 1. The summed E-state index contributed by atoms with van der Waals surface area (Å²) in [6.07, 6.45) is 1.39. The Balaban J connectivity index is 1.51. The number of para-hydroxylation sites is 1. The summed E-state index contributed by atoms with van der Waals surface area (Å²) in [5.74, 6) is 0.716. The molecule has 0 radical (unpaired) electrons. The molecule has 1 aliphatic carbocycles. The van der Waals surface area contributed by atoms with E-state index in [0.29, 0.717) is 24.7 Å². The van der Waals surface area contributed by atoms with Crippen LogP contribution in [0, 0.1) is 5.92 Å². The normalized spacial score (nSPS) is 26.8. The average molecular weight is 286 g/mol. The maximum Gasteiger partial charge on any atom is 0.307 e. The second-order valence-electron chi connectivity index (χ2n) is 5.60. The fourth-order valence-corrected chi connectivity index (χ4v) is 2.80. The summed E-state index contributed by atoms with van der Waals surface area (Å²) in [5.41, 5.74) is 1.13. The zero-order valence-corrected chi connectivity index (χ0v) is 11.2. The third-order valence-electron chi connectivity index (χ3n) is 4.13. The van der Waals surface area contributed by atoms with E-state index in [2.05, 4.69) is 10.1 Å². The second-order valence-corrected chi connectivity index (χ2v) is 5.60. The topological polar surface area (TPSA) is 85.5 Å². The zero-order valence-electron chi connectivity index (χ0n) is 11.2. The van der Waals surface area contributed by atoms with Crippen molar-refractivity contribution in [3.05, 3.63) is 41.5 Å². The lowest BCUT2D eigenvalue weighted by Crippen LogP contribution is -2.20. The lowest BCUT2D eigenvalue weighted by Gasteiger charge is -2.22. The molecule has 2 aromatic rings. The number of ether oxygens (including phenoxy) is 1. The van der Waals surface area contributed by atoms with E-state index in [1.807, 2.05) is 24.3 Å². The Morgan fingerprint density at radius 1 is 1.33 bits per heavy atom. The summed E-state index contributed by atoms with van der Waals surface area (Å²) in [6, 6.07) is 7.91. The Morgan fingerprint density at radius 2 is 2.19 bits per heavy atom. The molecule has 0 spiro atoms. The van der Waals surface area contributed by atoms with Crippen LogP contribution >= 0.6 is 0 Å². The van der Waals surface area contributed by atoms with Gasteiger partial charge in [-0.2, -0.15) is 4.98 Å². The monoisotopic (exact) mass is 286 g/mol. The molecule has 0 saturated heterocycles. The Labute approximate surface area is 120 Å². The van der Waals surface area contributed by atoms with Gasteiger partial charge in [0.1, 0.15) is 5.75 Å². The second kappa shape index (κ2) is 4.58. The number of nitrogens with zero attached hydrogens (tertiary/aromatic N) is 2. The quantitative estimate of drug-likeness (QED) is 0.928. The number of carbonyl (C=O) groups is 1. The van der Waals surface area contributed by atoms with E-state index in [-0.39, 0.29) is 17.8 Å². The van der Waals surface area contributed by atoms with Gasteiger partial charge in [0, 0.05) is 0 Å². The number of aliphatic carboxylic acids is 1. The van der Waals surface area contributed by atoms with Gasteiger partial charge in [-0.1, -0.05) is 23.4 Å². The summed E-state index contributed by atoms with van der Waals surface area (Å²) in [6.45, 7) is 0.517. The van der Waals surface area contributed by atoms with Crippen molar-refractivity contribution in [1.29, 1.82) is 0 Å². The predicted molar refractivity (Wildman–Crippen MR) is 71.2 cm³/mol. The van der Waals surface area contributed by atoms with Crippen molar-refractivity contribution < 1.29 is 19.2 Å². The van der Waals surface area contributed by atoms with Crippen LogP contribution in [0.5, 0.6) is 5.75 Å². The summed E-state index contributed by atoms with van der Waals surface area (Å²) >= 11 is 0. The van der Waals surface area contributed by atoms with Crippen molar-refractivity contribution in [3.8, 4) is 5.75 Å². The molecule has 6 heteroatoms. The van der Waals surface area contributed by atoms with Crippen molar-refractivity contribution in [2.24, 2.45) is 5.92 Å². The molecule has 21 heavy (non-hydrogen) atoms. The standard InChI is InChI=1S/C15H14N2O4/c18-15(19)11-6-10(11)14-16-13(17-21-14)9-5-8-3-1-2-4-12(8)20-7-9/h1-4,9-11H,5-7H2,(H,18,19). The van der Waals surface area contributed by atoms with Gasteiger partial charge in [-0.05, 0) is 24.5 Å². The smallest absolute Gasteiger partial charge is 0.307 e. The van der Waals surface area contributed by atoms with Crippen molar-refractivity contribution in [1.82, 2.24) is 10.1 Å². The average Bonchev–Trinajstić information content (AvgIpc) is 3.17. The highest BCUT2D eigenvalue weighted by Gasteiger charge is 2.48. The number of hydrogen-bond acceptors (Lipinski definition) is 5. The SMILES string of the molecule is O=C(O)C1CC1c1nc(C2COc3ccccc3C2)no1. The molecule has 1 aliphatic heterocycles. The molecule has 4 rings (SSSR count). The van der Waals surface area contributed by atoms with E-state index in [1.54, 1.807) is 0 Å². The maximum absolute atomic E-state index is 10.9. The molecule has 3 atom stereocenters. The third-order valence-corrected chi connectivity index (χ3v) is 4.13. The van der Waals surface area contributed by atoms with Crippen LogP contribution in [0.25, 0.3) is 0 Å². The molecule has 0 amide bonds. The van der Waals surface area contributed by atoms with Crippen LogP contribution in [0.3, 0.4) is 0 Å². The third kappa shape index (κ3) is 2.16. The number of fused-ring (bicyclic) bond motifs is 1. The van der Waals surface area contributed by atoms with Crippen molar-refractivity contribution >= 4 is 5.97 Å². The van der Waals surface area contributed by atoms with Crippen LogP contribution in [0.2, 0.25) is 0 Å². The van der Waals surface area contributed by atoms with E-state index in [1.165, 1.54) is 0 Å². The Hall–Kier alpha value is -2.37. The molecule has 1 fully saturated rings. The van der Waals surface area contributed by atoms with E-state index in [4.69, 9.17) is 14.4 Å². The summed E-state index contributed by atoms with van der Waals surface area (Å²) in [5, 5.41) is 12.9. The van der Waals surface area contributed by atoms with Crippen molar-refractivity contribution in [2.75, 3.05) is 6.61 Å². The highest BCUT2D eigenvalue weighted by atomic mass is 16.5. The molecule has 3 unspecified atom stereocenters. The molecular formula is C15H14N2O4. The first-order chi connectivity index (χ1) is 10.2. The summed E-state index contributed by atoms with van der Waals surface area (Å²) < 4.78 is 10.9. The van der Waals surface area contributed by atoms with E-state index in [9.17, 15) is 4.79 Å². The van der Waals surface area contributed by atoms with Gasteiger partial charge in [0.25, 0.3) is 0 Å². The maximum atomic E-state index is 10.9. The summed E-state index contributed by atoms with van der Waals surface area (Å²) in [4.78, 5) is 15.3. The minimum absolute atomic E-state index is 0.0550. The van der Waals surface area contributed by atoms with E-state index >= 15 is 0 Å². The first-order valence-electron chi connectivity index (χ1n) is 6.99. The lowest BCUT2D eigenvalue weighted by atomic mass is 9.96. The van der Waals surface area contributed by atoms with Crippen LogP contribution in [-0.4, -0.2) is 27.8 Å². The first kappa shape index (κ1) is 12.4. The number of benzene rings is 1. The van der Waals surface area contributed by atoms with Gasteiger partial charge < -0.3 is 14.4 Å². The fraction of sp³-hybridized carbons (Fsp3) is 0.400. The Bertz CT molecular complexity index is 696. The largest absolute Gasteiger partial charge is 0.493 e. The minimum atomic E-state index is -0.797. The van der Waals surface area contributed by atoms with Gasteiger partial charge in [0.15, 0.2) is 5.82 Å². The fourth-order valence-electron chi connectivity index (χ4n) is 2.80. The van der Waals surface area contributed by atoms with Gasteiger partial charge in [0.05, 0.1) is 24.4 Å². The molecule has 108 valence electrons. The molecule has 2 heterocycles. The molecule has 1 aromatic heterocycles. The van der Waals surface area contributed by atoms with Gasteiger partial charge in [-0.3, -0.25) is 4.79 Å². The summed E-state index contributed by atoms with van der Waals surface area (Å²) in [7, 11) is 0. The lowest BCUT2D eigenvalue weighted by molar-refractivity contribution is -0.138. The molecule has 6 nitrogen and oxygen atoms in total. The van der Waals surface area contributed by atoms with Crippen LogP contribution < -0.4 is 4.74 Å². The van der Waals surface area contributed by atoms with Crippen molar-refractivity contribution in [2.45, 2.75) is 24.7 Å². The van der Waals surface area contributed by atoms with Crippen molar-refractivity contribution in [3.63, 3.8) is 0 Å². The number of rotatable bonds is 3. The molecule has 0 bridgehead atoms. The molecule has 1 aromatic carbocycles.